The number of benzene rings is 1. The van der Waals surface area contributed by atoms with Gasteiger partial charge in [-0.05, 0) is 36.6 Å². The highest BCUT2D eigenvalue weighted by molar-refractivity contribution is 6.01. The molecule has 1 aliphatic rings. The fourth-order valence-electron chi connectivity index (χ4n) is 2.53. The number of carbonyl (C=O) groups excluding carboxylic acids is 1. The summed E-state index contributed by atoms with van der Waals surface area (Å²) in [6.45, 7) is 1.80. The molecular formula is C18H23N3O3. The van der Waals surface area contributed by atoms with Crippen molar-refractivity contribution in [3.05, 3.63) is 35.4 Å². The third-order valence-corrected chi connectivity index (χ3v) is 3.96. The normalized spacial score (nSPS) is 17.4. The number of anilines is 1. The molecule has 0 unspecified atom stereocenters. The Hall–Kier alpha value is -2.36. The van der Waals surface area contributed by atoms with Gasteiger partial charge in [-0.3, -0.25) is 4.79 Å². The van der Waals surface area contributed by atoms with Crippen molar-refractivity contribution < 1.29 is 14.6 Å². The Morgan fingerprint density at radius 3 is 2.83 bits per heavy atom. The van der Waals surface area contributed by atoms with Crippen LogP contribution in [0.5, 0.6) is 0 Å². The molecule has 6 heteroatoms. The molecule has 1 aliphatic heterocycles. The number of rotatable bonds is 7. The van der Waals surface area contributed by atoms with Gasteiger partial charge >= 0.3 is 0 Å². The first-order chi connectivity index (χ1) is 11.6. The van der Waals surface area contributed by atoms with Crippen LogP contribution < -0.4 is 10.2 Å². The molecule has 0 bridgehead atoms. The molecule has 1 fully saturated rings. The van der Waals surface area contributed by atoms with E-state index < -0.39 is 0 Å². The summed E-state index contributed by atoms with van der Waals surface area (Å²) in [4.78, 5) is 14.0. The van der Waals surface area contributed by atoms with E-state index in [-0.39, 0.29) is 24.2 Å². The van der Waals surface area contributed by atoms with Crippen molar-refractivity contribution in [2.24, 2.45) is 0 Å². The minimum absolute atomic E-state index is 0.0511. The van der Waals surface area contributed by atoms with E-state index in [1.807, 2.05) is 42.3 Å². The lowest BCUT2D eigenvalue weighted by molar-refractivity contribution is -0.117. The van der Waals surface area contributed by atoms with Crippen LogP contribution in [-0.4, -0.2) is 50.5 Å². The summed E-state index contributed by atoms with van der Waals surface area (Å²) in [5, 5.41) is 20.9. The first-order valence-corrected chi connectivity index (χ1v) is 8.07. The van der Waals surface area contributed by atoms with Crippen LogP contribution in [0.3, 0.4) is 0 Å². The second-order valence-corrected chi connectivity index (χ2v) is 5.75. The molecular weight excluding hydrogens is 306 g/mol. The van der Waals surface area contributed by atoms with E-state index in [0.29, 0.717) is 13.1 Å². The van der Waals surface area contributed by atoms with E-state index >= 15 is 0 Å². The second kappa shape index (κ2) is 9.06. The van der Waals surface area contributed by atoms with Crippen LogP contribution >= 0.6 is 0 Å². The molecule has 0 aromatic heterocycles. The molecule has 1 aromatic rings. The lowest BCUT2D eigenvalue weighted by atomic mass is 10.1. The number of nitrogens with one attached hydrogen (secondary N) is 1. The molecule has 0 saturated carbocycles. The molecule has 24 heavy (non-hydrogen) atoms. The van der Waals surface area contributed by atoms with Crippen LogP contribution in [0, 0.1) is 11.3 Å². The topological polar surface area (TPSA) is 85.6 Å². The quantitative estimate of drug-likeness (QED) is 0.582. The lowest BCUT2D eigenvalue weighted by Gasteiger charge is -2.17. The maximum Gasteiger partial charge on any atom is 0.262 e. The number of amides is 1. The minimum Gasteiger partial charge on any atom is -0.395 e. The molecule has 0 aliphatic carbocycles. The van der Waals surface area contributed by atoms with Crippen molar-refractivity contribution in [3.63, 3.8) is 0 Å². The lowest BCUT2D eigenvalue weighted by Crippen LogP contribution is -2.32. The fraction of sp³-hybridized carbons (Fsp3) is 0.444. The Morgan fingerprint density at radius 1 is 1.50 bits per heavy atom. The van der Waals surface area contributed by atoms with Crippen molar-refractivity contribution in [2.45, 2.75) is 18.9 Å². The summed E-state index contributed by atoms with van der Waals surface area (Å²) in [6.07, 6.45) is 3.57. The smallest absolute Gasteiger partial charge is 0.262 e. The molecule has 6 nitrogen and oxygen atoms in total. The van der Waals surface area contributed by atoms with E-state index in [2.05, 4.69) is 5.32 Å². The minimum atomic E-state index is -0.380. The summed E-state index contributed by atoms with van der Waals surface area (Å²) < 4.78 is 5.45. The number of nitrogens with zero attached hydrogens (tertiary/aromatic N) is 2. The summed E-state index contributed by atoms with van der Waals surface area (Å²) in [5.41, 5.74) is 1.81. The third-order valence-electron chi connectivity index (χ3n) is 3.96. The molecule has 1 aromatic carbocycles. The molecule has 1 heterocycles. The van der Waals surface area contributed by atoms with Crippen LogP contribution in [0.15, 0.2) is 29.8 Å². The molecule has 1 saturated heterocycles. The summed E-state index contributed by atoms with van der Waals surface area (Å²) >= 11 is 0. The number of hydrogen-bond acceptors (Lipinski definition) is 5. The zero-order valence-corrected chi connectivity index (χ0v) is 13.9. The molecule has 128 valence electrons. The number of hydrogen-bond donors (Lipinski definition) is 2. The fourth-order valence-corrected chi connectivity index (χ4v) is 2.53. The second-order valence-electron chi connectivity index (χ2n) is 5.75. The number of nitriles is 1. The van der Waals surface area contributed by atoms with Gasteiger partial charge in [-0.25, -0.2) is 0 Å². The van der Waals surface area contributed by atoms with Crippen molar-refractivity contribution >= 4 is 17.7 Å². The predicted molar refractivity (Wildman–Crippen MR) is 92.4 cm³/mol. The van der Waals surface area contributed by atoms with Gasteiger partial charge in [-0.2, -0.15) is 5.26 Å². The first-order valence-electron chi connectivity index (χ1n) is 8.07. The number of likely N-dealkylation sites (N-methyl/N-ethyl adjacent to an activating group) is 1. The van der Waals surface area contributed by atoms with Gasteiger partial charge in [-0.15, -0.1) is 0 Å². The van der Waals surface area contributed by atoms with Gasteiger partial charge in [0.2, 0.25) is 0 Å². The average Bonchev–Trinajstić information content (AvgIpc) is 3.12. The Bertz CT molecular complexity index is 613. The number of carbonyl (C=O) groups is 1. The van der Waals surface area contributed by atoms with Gasteiger partial charge in [0.05, 0.1) is 12.7 Å². The van der Waals surface area contributed by atoms with Crippen LogP contribution in [0.1, 0.15) is 18.4 Å². The van der Waals surface area contributed by atoms with Gasteiger partial charge in [-0.1, -0.05) is 12.1 Å². The Labute approximate surface area is 142 Å². The first kappa shape index (κ1) is 18.0. The largest absolute Gasteiger partial charge is 0.395 e. The molecule has 0 spiro atoms. The van der Waals surface area contributed by atoms with Gasteiger partial charge in [0, 0.05) is 32.4 Å². The van der Waals surface area contributed by atoms with E-state index in [1.54, 1.807) is 6.08 Å². The van der Waals surface area contributed by atoms with E-state index in [4.69, 9.17) is 9.84 Å². The van der Waals surface area contributed by atoms with Gasteiger partial charge in [0.1, 0.15) is 11.6 Å². The van der Waals surface area contributed by atoms with E-state index in [9.17, 15) is 10.1 Å². The van der Waals surface area contributed by atoms with Crippen molar-refractivity contribution in [1.29, 1.82) is 5.26 Å². The molecule has 1 amide bonds. The summed E-state index contributed by atoms with van der Waals surface area (Å²) in [5.74, 6) is -0.380. The summed E-state index contributed by atoms with van der Waals surface area (Å²) in [6, 6.07) is 9.41. The Balaban J connectivity index is 1.98. The molecule has 0 radical (unpaired) electrons. The molecule has 2 N–H and O–H groups in total. The van der Waals surface area contributed by atoms with Gasteiger partial charge < -0.3 is 20.1 Å². The zero-order valence-electron chi connectivity index (χ0n) is 13.9. The highest BCUT2D eigenvalue weighted by Gasteiger charge is 2.17. The summed E-state index contributed by atoms with van der Waals surface area (Å²) in [7, 11) is 1.89. The van der Waals surface area contributed by atoms with Crippen LogP contribution in [0.2, 0.25) is 0 Å². The maximum atomic E-state index is 12.1. The van der Waals surface area contributed by atoms with E-state index in [0.717, 1.165) is 30.7 Å². The maximum absolute atomic E-state index is 12.1. The highest BCUT2D eigenvalue weighted by atomic mass is 16.5. The number of ether oxygens (including phenoxy) is 1. The monoisotopic (exact) mass is 329 g/mol. The molecule has 2 rings (SSSR count). The van der Waals surface area contributed by atoms with Crippen LogP contribution in [0.4, 0.5) is 5.69 Å². The van der Waals surface area contributed by atoms with Crippen molar-refractivity contribution in [2.75, 3.05) is 38.3 Å². The Kier molecular flexibility index (Phi) is 6.79. The van der Waals surface area contributed by atoms with Crippen molar-refractivity contribution in [3.8, 4) is 6.07 Å². The number of aliphatic hydroxyl groups is 1. The highest BCUT2D eigenvalue weighted by Crippen LogP contribution is 2.16. The van der Waals surface area contributed by atoms with Crippen molar-refractivity contribution in [1.82, 2.24) is 5.32 Å². The third kappa shape index (κ3) is 5.08. The average molecular weight is 329 g/mol. The van der Waals surface area contributed by atoms with Gasteiger partial charge in [0.25, 0.3) is 5.91 Å². The molecule has 1 atom stereocenters. The SMILES string of the molecule is CN(CCO)c1ccc(/C=C(\C#N)C(=O)NC[C@@H]2CCCO2)cc1. The van der Waals surface area contributed by atoms with Gasteiger partial charge in [0.15, 0.2) is 0 Å². The Morgan fingerprint density at radius 2 is 2.25 bits per heavy atom. The zero-order chi connectivity index (χ0) is 17.4. The number of aliphatic hydroxyl groups excluding tert-OH is 1. The standard InChI is InChI=1S/C18H23N3O3/c1-21(8-9-22)16-6-4-14(5-7-16)11-15(12-19)18(23)20-13-17-3-2-10-24-17/h4-7,11,17,22H,2-3,8-10,13H2,1H3,(H,20,23)/b15-11+/t17-/m0/s1. The van der Waals surface area contributed by atoms with Crippen LogP contribution in [0.25, 0.3) is 6.08 Å². The van der Waals surface area contributed by atoms with E-state index in [1.165, 1.54) is 0 Å². The van der Waals surface area contributed by atoms with Crippen LogP contribution in [-0.2, 0) is 9.53 Å². The predicted octanol–water partition coefficient (Wildman–Crippen LogP) is 1.32.